The summed E-state index contributed by atoms with van der Waals surface area (Å²) in [7, 11) is 1.30. The molecule has 2 heterocycles. The summed E-state index contributed by atoms with van der Waals surface area (Å²) < 4.78 is 4.98. The van der Waals surface area contributed by atoms with Gasteiger partial charge < -0.3 is 15.4 Å². The number of ether oxygens (including phenoxy) is 1. The van der Waals surface area contributed by atoms with E-state index in [0.29, 0.717) is 17.0 Å². The van der Waals surface area contributed by atoms with Gasteiger partial charge in [-0.2, -0.15) is 0 Å². The van der Waals surface area contributed by atoms with E-state index in [4.69, 9.17) is 4.74 Å². The van der Waals surface area contributed by atoms with Gasteiger partial charge in [-0.3, -0.25) is 14.9 Å². The molecule has 1 aliphatic heterocycles. The van der Waals surface area contributed by atoms with Crippen LogP contribution in [0.25, 0.3) is 0 Å². The van der Waals surface area contributed by atoms with Gasteiger partial charge in [0, 0.05) is 12.5 Å². The van der Waals surface area contributed by atoms with Crippen molar-refractivity contribution in [3.8, 4) is 0 Å². The van der Waals surface area contributed by atoms with Crippen LogP contribution in [0.4, 0.5) is 10.7 Å². The van der Waals surface area contributed by atoms with Gasteiger partial charge in [0.15, 0.2) is 0 Å². The first-order valence-corrected chi connectivity index (χ1v) is 9.95. The maximum absolute atomic E-state index is 12.8. The van der Waals surface area contributed by atoms with Crippen LogP contribution in [0.1, 0.15) is 58.9 Å². The Bertz CT molecular complexity index is 1010. The number of anilines is 1. The standard InChI is InChI=1S/C20H23N3O5S/c1-19(2)10-12-14(18(25)28-5)17(29-15(12)20(3,4)22-19)21-16(24)11-8-6-7-9-13(11)23(26)27/h6-9,22H,10H2,1-5H3,(H,21,24)/p+1. The molecule has 3 N–H and O–H groups in total. The van der Waals surface area contributed by atoms with Gasteiger partial charge >= 0.3 is 5.97 Å². The zero-order valence-electron chi connectivity index (χ0n) is 17.0. The molecule has 1 aromatic heterocycles. The number of carbonyl (C=O) groups is 2. The minimum absolute atomic E-state index is 0.0640. The highest BCUT2D eigenvalue weighted by molar-refractivity contribution is 7.17. The summed E-state index contributed by atoms with van der Waals surface area (Å²) in [6.45, 7) is 8.33. The Balaban J connectivity index is 2.10. The number of nitrogens with two attached hydrogens (primary N) is 1. The maximum Gasteiger partial charge on any atom is 0.341 e. The van der Waals surface area contributed by atoms with E-state index in [-0.39, 0.29) is 22.3 Å². The molecule has 0 spiro atoms. The third-order valence-electron chi connectivity index (χ3n) is 4.94. The fourth-order valence-electron chi connectivity index (χ4n) is 4.10. The average Bonchev–Trinajstić information content (AvgIpc) is 2.97. The average molecular weight is 418 g/mol. The summed E-state index contributed by atoms with van der Waals surface area (Å²) in [5.41, 5.74) is 0.393. The molecule has 1 aromatic carbocycles. The molecule has 8 nitrogen and oxygen atoms in total. The number of methoxy groups -OCH3 is 1. The summed E-state index contributed by atoms with van der Waals surface area (Å²) >= 11 is 1.32. The third kappa shape index (κ3) is 3.88. The van der Waals surface area contributed by atoms with E-state index in [2.05, 4.69) is 38.3 Å². The number of esters is 1. The number of hydrogen-bond donors (Lipinski definition) is 2. The first kappa shape index (κ1) is 20.9. The number of thiophene rings is 1. The predicted octanol–water partition coefficient (Wildman–Crippen LogP) is 2.83. The molecular weight excluding hydrogens is 394 g/mol. The van der Waals surface area contributed by atoms with Crippen LogP contribution in [0.15, 0.2) is 24.3 Å². The molecular formula is C20H24N3O5S+. The lowest BCUT2D eigenvalue weighted by molar-refractivity contribution is -0.789. The minimum atomic E-state index is -0.637. The molecule has 2 aromatic rings. The van der Waals surface area contributed by atoms with Gasteiger partial charge in [-0.25, -0.2) is 4.79 Å². The van der Waals surface area contributed by atoms with Gasteiger partial charge in [-0.05, 0) is 39.3 Å². The van der Waals surface area contributed by atoms with Crippen molar-refractivity contribution in [1.29, 1.82) is 0 Å². The highest BCUT2D eigenvalue weighted by Gasteiger charge is 2.45. The minimum Gasteiger partial charge on any atom is -0.465 e. The van der Waals surface area contributed by atoms with Gasteiger partial charge in [0.05, 0.1) is 28.0 Å². The van der Waals surface area contributed by atoms with Crippen molar-refractivity contribution >= 4 is 33.9 Å². The number of rotatable bonds is 4. The van der Waals surface area contributed by atoms with Crippen LogP contribution in [0, 0.1) is 10.1 Å². The van der Waals surface area contributed by atoms with Crippen molar-refractivity contribution in [2.75, 3.05) is 12.4 Å². The number of hydrogen-bond acceptors (Lipinski definition) is 6. The van der Waals surface area contributed by atoms with Crippen LogP contribution >= 0.6 is 11.3 Å². The molecule has 1 amide bonds. The number of quaternary nitrogens is 1. The highest BCUT2D eigenvalue weighted by atomic mass is 32.1. The molecule has 0 saturated carbocycles. The topological polar surface area (TPSA) is 115 Å². The number of amides is 1. The van der Waals surface area contributed by atoms with Crippen molar-refractivity contribution in [3.05, 3.63) is 55.9 Å². The first-order chi connectivity index (χ1) is 13.5. The van der Waals surface area contributed by atoms with Crippen LogP contribution in [0.3, 0.4) is 0 Å². The van der Waals surface area contributed by atoms with Gasteiger partial charge in [0.2, 0.25) is 0 Å². The summed E-state index contributed by atoms with van der Waals surface area (Å²) in [5.74, 6) is -1.17. The quantitative estimate of drug-likeness (QED) is 0.450. The van der Waals surface area contributed by atoms with Gasteiger partial charge in [0.25, 0.3) is 11.6 Å². The molecule has 0 unspecified atom stereocenters. The first-order valence-electron chi connectivity index (χ1n) is 9.13. The number of nitro benzene ring substituents is 1. The van der Waals surface area contributed by atoms with Crippen molar-refractivity contribution in [3.63, 3.8) is 0 Å². The van der Waals surface area contributed by atoms with E-state index in [1.54, 1.807) is 6.07 Å². The lowest BCUT2D eigenvalue weighted by Crippen LogP contribution is -3.03. The second-order valence-electron chi connectivity index (χ2n) is 8.37. The fourth-order valence-corrected chi connectivity index (χ4v) is 5.38. The number of nitro groups is 1. The lowest BCUT2D eigenvalue weighted by Gasteiger charge is -2.38. The van der Waals surface area contributed by atoms with Crippen LogP contribution in [0.5, 0.6) is 0 Å². The highest BCUT2D eigenvalue weighted by Crippen LogP contribution is 2.42. The summed E-state index contributed by atoms with van der Waals surface area (Å²) in [5, 5.41) is 16.6. The lowest BCUT2D eigenvalue weighted by atomic mass is 9.81. The largest absolute Gasteiger partial charge is 0.465 e. The SMILES string of the molecule is COC(=O)c1c(NC(=O)c2ccccc2[N+](=O)[O-])sc2c1CC(C)(C)[NH2+]C2(C)C. The summed E-state index contributed by atoms with van der Waals surface area (Å²) in [4.78, 5) is 37.1. The number of benzene rings is 1. The van der Waals surface area contributed by atoms with Crippen LogP contribution in [-0.2, 0) is 16.7 Å². The Hall–Kier alpha value is -2.78. The van der Waals surface area contributed by atoms with E-state index >= 15 is 0 Å². The molecule has 3 rings (SSSR count). The second-order valence-corrected chi connectivity index (χ2v) is 9.39. The van der Waals surface area contributed by atoms with Crippen LogP contribution < -0.4 is 10.6 Å². The van der Waals surface area contributed by atoms with Crippen molar-refractivity contribution in [2.45, 2.75) is 45.2 Å². The maximum atomic E-state index is 12.8. The Morgan fingerprint density at radius 2 is 1.90 bits per heavy atom. The van der Waals surface area contributed by atoms with E-state index in [9.17, 15) is 19.7 Å². The molecule has 0 atom stereocenters. The molecule has 0 fully saturated rings. The van der Waals surface area contributed by atoms with Gasteiger partial charge in [-0.1, -0.05) is 12.1 Å². The Morgan fingerprint density at radius 1 is 1.24 bits per heavy atom. The summed E-state index contributed by atoms with van der Waals surface area (Å²) in [6, 6.07) is 5.72. The van der Waals surface area contributed by atoms with Crippen LogP contribution in [-0.4, -0.2) is 29.4 Å². The molecule has 9 heteroatoms. The van der Waals surface area contributed by atoms with E-state index < -0.39 is 16.8 Å². The zero-order chi connectivity index (χ0) is 21.6. The monoisotopic (exact) mass is 418 g/mol. The number of carbonyl (C=O) groups excluding carboxylic acids is 2. The Labute approximate surface area is 172 Å². The molecule has 0 radical (unpaired) electrons. The predicted molar refractivity (Wildman–Crippen MR) is 109 cm³/mol. The number of nitrogens with zero attached hydrogens (tertiary/aromatic N) is 1. The number of para-hydroxylation sites is 1. The van der Waals surface area contributed by atoms with E-state index in [0.717, 1.165) is 10.4 Å². The smallest absolute Gasteiger partial charge is 0.341 e. The molecule has 1 aliphatic rings. The fraction of sp³-hybridized carbons (Fsp3) is 0.400. The second kappa shape index (κ2) is 7.23. The zero-order valence-corrected chi connectivity index (χ0v) is 17.8. The van der Waals surface area contributed by atoms with Crippen molar-refractivity contribution in [1.82, 2.24) is 0 Å². The number of nitrogens with one attached hydrogen (secondary N) is 1. The van der Waals surface area contributed by atoms with E-state index in [1.807, 2.05) is 0 Å². The molecule has 0 aliphatic carbocycles. The Kier molecular flexibility index (Phi) is 5.22. The van der Waals surface area contributed by atoms with Gasteiger partial charge in [0.1, 0.15) is 16.1 Å². The van der Waals surface area contributed by atoms with Gasteiger partial charge in [-0.15, -0.1) is 11.3 Å². The van der Waals surface area contributed by atoms with Crippen molar-refractivity contribution < 1.29 is 24.6 Å². The molecule has 0 bridgehead atoms. The van der Waals surface area contributed by atoms with Crippen LogP contribution in [0.2, 0.25) is 0 Å². The number of fused-ring (bicyclic) bond motifs is 1. The normalized spacial score (nSPS) is 16.6. The Morgan fingerprint density at radius 3 is 2.52 bits per heavy atom. The molecule has 29 heavy (non-hydrogen) atoms. The van der Waals surface area contributed by atoms with Crippen molar-refractivity contribution in [2.24, 2.45) is 0 Å². The third-order valence-corrected chi connectivity index (χ3v) is 6.43. The molecule has 154 valence electrons. The van der Waals surface area contributed by atoms with E-state index in [1.165, 1.54) is 36.6 Å². The summed E-state index contributed by atoms with van der Waals surface area (Å²) in [6.07, 6.45) is 0.633. The molecule has 0 saturated heterocycles.